The first-order valence-corrected chi connectivity index (χ1v) is 6.48. The molecule has 0 aliphatic carbocycles. The largest absolute Gasteiger partial charge is 0.494 e. The van der Waals surface area contributed by atoms with E-state index in [1.807, 2.05) is 42.0 Å². The number of ketones is 1. The zero-order valence-corrected chi connectivity index (χ0v) is 11.0. The van der Waals surface area contributed by atoms with E-state index in [0.29, 0.717) is 13.0 Å². The Hall–Kier alpha value is -1.77. The molecule has 18 heavy (non-hydrogen) atoms. The minimum atomic E-state index is 0.249. The van der Waals surface area contributed by atoms with Crippen molar-refractivity contribution in [3.63, 3.8) is 0 Å². The highest BCUT2D eigenvalue weighted by atomic mass is 16.5. The molecule has 2 aromatic rings. The van der Waals surface area contributed by atoms with Gasteiger partial charge in [0.2, 0.25) is 0 Å². The lowest BCUT2D eigenvalue weighted by molar-refractivity contribution is -0.119. The molecule has 0 radical (unpaired) electrons. The van der Waals surface area contributed by atoms with E-state index >= 15 is 0 Å². The Labute approximate surface area is 107 Å². The lowest BCUT2D eigenvalue weighted by Gasteiger charge is -2.06. The average Bonchev–Trinajstić information content (AvgIpc) is 2.78. The first-order chi connectivity index (χ1) is 8.74. The molecule has 1 aromatic carbocycles. The molecule has 96 valence electrons. The third-order valence-electron chi connectivity index (χ3n) is 2.96. The predicted molar refractivity (Wildman–Crippen MR) is 73.0 cm³/mol. The van der Waals surface area contributed by atoms with Crippen LogP contribution < -0.4 is 4.74 Å². The molecule has 1 aromatic heterocycles. The van der Waals surface area contributed by atoms with Crippen molar-refractivity contribution in [3.05, 3.63) is 30.5 Å². The maximum absolute atomic E-state index is 11.5. The van der Waals surface area contributed by atoms with E-state index in [0.717, 1.165) is 29.7 Å². The maximum atomic E-state index is 11.5. The summed E-state index contributed by atoms with van der Waals surface area (Å²) in [7, 11) is 0. The standard InChI is InChI=1S/C15H19NO2/c1-3-9-18-14-5-6-15-12(10-14)7-8-16(15)11-13(17)4-2/h5-8,10H,3-4,9,11H2,1-2H3. The Morgan fingerprint density at radius 3 is 2.83 bits per heavy atom. The number of ether oxygens (including phenoxy) is 1. The van der Waals surface area contributed by atoms with Crippen LogP contribution in [-0.2, 0) is 11.3 Å². The molecule has 0 N–H and O–H groups in total. The van der Waals surface area contributed by atoms with E-state index in [2.05, 4.69) is 6.92 Å². The van der Waals surface area contributed by atoms with Crippen LogP contribution >= 0.6 is 0 Å². The van der Waals surface area contributed by atoms with Gasteiger partial charge in [0.1, 0.15) is 5.75 Å². The van der Waals surface area contributed by atoms with Crippen molar-refractivity contribution in [2.45, 2.75) is 33.2 Å². The van der Waals surface area contributed by atoms with Gasteiger partial charge in [-0.3, -0.25) is 4.79 Å². The van der Waals surface area contributed by atoms with E-state index in [1.54, 1.807) is 0 Å². The normalized spacial score (nSPS) is 10.8. The molecule has 0 saturated carbocycles. The highest BCUT2D eigenvalue weighted by molar-refractivity contribution is 5.84. The molecule has 0 unspecified atom stereocenters. The topological polar surface area (TPSA) is 31.2 Å². The molecule has 0 atom stereocenters. The van der Waals surface area contributed by atoms with Crippen molar-refractivity contribution < 1.29 is 9.53 Å². The SMILES string of the molecule is CCCOc1ccc2c(ccn2CC(=O)CC)c1. The van der Waals surface area contributed by atoms with Gasteiger partial charge in [-0.2, -0.15) is 0 Å². The smallest absolute Gasteiger partial charge is 0.152 e. The van der Waals surface area contributed by atoms with Gasteiger partial charge in [-0.1, -0.05) is 13.8 Å². The summed E-state index contributed by atoms with van der Waals surface area (Å²) in [5.74, 6) is 1.14. The van der Waals surface area contributed by atoms with Crippen molar-refractivity contribution >= 4 is 16.7 Å². The quantitative estimate of drug-likeness (QED) is 0.781. The molecule has 0 aliphatic rings. The molecule has 1 heterocycles. The second-order valence-corrected chi connectivity index (χ2v) is 4.40. The van der Waals surface area contributed by atoms with Gasteiger partial charge in [0.05, 0.1) is 13.2 Å². The van der Waals surface area contributed by atoms with Gasteiger partial charge in [0, 0.05) is 23.5 Å². The van der Waals surface area contributed by atoms with Crippen LogP contribution in [0.4, 0.5) is 0 Å². The van der Waals surface area contributed by atoms with E-state index < -0.39 is 0 Å². The van der Waals surface area contributed by atoms with Gasteiger partial charge in [-0.15, -0.1) is 0 Å². The van der Waals surface area contributed by atoms with Gasteiger partial charge in [-0.05, 0) is 30.7 Å². The minimum Gasteiger partial charge on any atom is -0.494 e. The minimum absolute atomic E-state index is 0.249. The summed E-state index contributed by atoms with van der Waals surface area (Å²) >= 11 is 0. The second-order valence-electron chi connectivity index (χ2n) is 4.40. The Morgan fingerprint density at radius 1 is 1.28 bits per heavy atom. The first-order valence-electron chi connectivity index (χ1n) is 6.48. The number of nitrogens with zero attached hydrogens (tertiary/aromatic N) is 1. The number of hydrogen-bond donors (Lipinski definition) is 0. The molecule has 0 aliphatic heterocycles. The van der Waals surface area contributed by atoms with E-state index in [-0.39, 0.29) is 5.78 Å². The van der Waals surface area contributed by atoms with Crippen LogP contribution in [-0.4, -0.2) is 17.0 Å². The third kappa shape index (κ3) is 2.73. The number of benzene rings is 1. The zero-order valence-electron chi connectivity index (χ0n) is 11.0. The Morgan fingerprint density at radius 2 is 2.11 bits per heavy atom. The van der Waals surface area contributed by atoms with Crippen LogP contribution in [0.15, 0.2) is 30.5 Å². The highest BCUT2D eigenvalue weighted by Crippen LogP contribution is 2.22. The van der Waals surface area contributed by atoms with Crippen molar-refractivity contribution in [1.82, 2.24) is 4.57 Å². The summed E-state index contributed by atoms with van der Waals surface area (Å²) in [6, 6.07) is 8.03. The number of fused-ring (bicyclic) bond motifs is 1. The molecule has 2 rings (SSSR count). The van der Waals surface area contributed by atoms with Gasteiger partial charge >= 0.3 is 0 Å². The predicted octanol–water partition coefficient (Wildman–Crippen LogP) is 3.41. The summed E-state index contributed by atoms with van der Waals surface area (Å²) in [4.78, 5) is 11.5. The van der Waals surface area contributed by atoms with Crippen molar-refractivity contribution in [2.75, 3.05) is 6.61 Å². The molecule has 0 fully saturated rings. The summed E-state index contributed by atoms with van der Waals surface area (Å²) in [6.45, 7) is 5.17. The summed E-state index contributed by atoms with van der Waals surface area (Å²) < 4.78 is 7.59. The van der Waals surface area contributed by atoms with Crippen molar-refractivity contribution in [3.8, 4) is 5.75 Å². The molecule has 3 nitrogen and oxygen atoms in total. The zero-order chi connectivity index (χ0) is 13.0. The van der Waals surface area contributed by atoms with E-state index in [4.69, 9.17) is 4.74 Å². The third-order valence-corrected chi connectivity index (χ3v) is 2.96. The summed E-state index contributed by atoms with van der Waals surface area (Å²) in [5.41, 5.74) is 1.08. The fraction of sp³-hybridized carbons (Fsp3) is 0.400. The molecule has 0 saturated heterocycles. The van der Waals surface area contributed by atoms with Crippen molar-refractivity contribution in [2.24, 2.45) is 0 Å². The van der Waals surface area contributed by atoms with Crippen LogP contribution in [0.3, 0.4) is 0 Å². The molecule has 3 heteroatoms. The van der Waals surface area contributed by atoms with Gasteiger partial charge in [0.15, 0.2) is 5.78 Å². The number of hydrogen-bond acceptors (Lipinski definition) is 2. The van der Waals surface area contributed by atoms with Gasteiger partial charge in [-0.25, -0.2) is 0 Å². The molecule has 0 spiro atoms. The molecule has 0 amide bonds. The highest BCUT2D eigenvalue weighted by Gasteiger charge is 2.05. The van der Waals surface area contributed by atoms with Crippen LogP contribution in [0.25, 0.3) is 10.9 Å². The lowest BCUT2D eigenvalue weighted by atomic mass is 10.2. The van der Waals surface area contributed by atoms with E-state index in [9.17, 15) is 4.79 Å². The lowest BCUT2D eigenvalue weighted by Crippen LogP contribution is -2.07. The number of rotatable bonds is 6. The second kappa shape index (κ2) is 5.71. The summed E-state index contributed by atoms with van der Waals surface area (Å²) in [5, 5.41) is 1.12. The Bertz CT molecular complexity index is 542. The first kappa shape index (κ1) is 12.7. The molecule has 0 bridgehead atoms. The molecular weight excluding hydrogens is 226 g/mol. The van der Waals surface area contributed by atoms with Crippen LogP contribution in [0, 0.1) is 0 Å². The number of carbonyl (C=O) groups excluding carboxylic acids is 1. The maximum Gasteiger partial charge on any atom is 0.152 e. The van der Waals surface area contributed by atoms with E-state index in [1.165, 1.54) is 0 Å². The number of carbonyl (C=O) groups is 1. The number of aromatic nitrogens is 1. The average molecular weight is 245 g/mol. The molecular formula is C15H19NO2. The Kier molecular flexibility index (Phi) is 4.03. The van der Waals surface area contributed by atoms with Crippen LogP contribution in [0.1, 0.15) is 26.7 Å². The fourth-order valence-corrected chi connectivity index (χ4v) is 1.93. The van der Waals surface area contributed by atoms with Gasteiger partial charge < -0.3 is 9.30 Å². The van der Waals surface area contributed by atoms with Crippen molar-refractivity contribution in [1.29, 1.82) is 0 Å². The monoisotopic (exact) mass is 245 g/mol. The van der Waals surface area contributed by atoms with Gasteiger partial charge in [0.25, 0.3) is 0 Å². The summed E-state index contributed by atoms with van der Waals surface area (Å²) in [6.07, 6.45) is 3.54. The van der Waals surface area contributed by atoms with Crippen LogP contribution in [0.5, 0.6) is 5.75 Å². The number of Topliss-reactive ketones (excluding diaryl/α,β-unsaturated/α-hetero) is 1. The fourth-order valence-electron chi connectivity index (χ4n) is 1.93. The van der Waals surface area contributed by atoms with Crippen LogP contribution in [0.2, 0.25) is 0 Å². The Balaban J connectivity index is 2.23.